The number of hydrogen-bond acceptors (Lipinski definition) is 4. The summed E-state index contributed by atoms with van der Waals surface area (Å²) in [6.45, 7) is 0.271. The molecule has 2 nitrogen and oxygen atoms in total. The van der Waals surface area contributed by atoms with Gasteiger partial charge in [-0.2, -0.15) is 0 Å². The average Bonchev–Trinajstić information content (AvgIpc) is 2.75. The van der Waals surface area contributed by atoms with Crippen LogP contribution in [0.1, 0.15) is 0 Å². The standard InChI is InChI=1S/C9H8O2S2/c1-3-12-5-8(1)10-7-11-9-2-4-13-6-9/h1-6H,7H2. The monoisotopic (exact) mass is 212 g/mol. The maximum absolute atomic E-state index is 5.31. The summed E-state index contributed by atoms with van der Waals surface area (Å²) in [5.74, 6) is 1.72. The quantitative estimate of drug-likeness (QED) is 0.724. The van der Waals surface area contributed by atoms with Crippen molar-refractivity contribution in [2.75, 3.05) is 6.79 Å². The summed E-state index contributed by atoms with van der Waals surface area (Å²) in [7, 11) is 0. The van der Waals surface area contributed by atoms with E-state index in [4.69, 9.17) is 9.47 Å². The molecule has 2 aromatic rings. The van der Waals surface area contributed by atoms with Crippen LogP contribution in [0.25, 0.3) is 0 Å². The van der Waals surface area contributed by atoms with Gasteiger partial charge < -0.3 is 9.47 Å². The Kier molecular flexibility index (Phi) is 2.84. The van der Waals surface area contributed by atoms with Crippen LogP contribution in [0, 0.1) is 0 Å². The Balaban J connectivity index is 1.76. The number of hydrogen-bond donors (Lipinski definition) is 0. The lowest BCUT2D eigenvalue weighted by molar-refractivity contribution is 0.121. The largest absolute Gasteiger partial charge is 0.457 e. The fraction of sp³-hybridized carbons (Fsp3) is 0.111. The molecule has 68 valence electrons. The third-order valence-electron chi connectivity index (χ3n) is 1.44. The van der Waals surface area contributed by atoms with E-state index >= 15 is 0 Å². The summed E-state index contributed by atoms with van der Waals surface area (Å²) in [4.78, 5) is 0. The van der Waals surface area contributed by atoms with E-state index in [2.05, 4.69) is 0 Å². The number of thiophene rings is 2. The summed E-state index contributed by atoms with van der Waals surface area (Å²) in [5, 5.41) is 7.83. The molecular weight excluding hydrogens is 204 g/mol. The molecule has 2 aromatic heterocycles. The topological polar surface area (TPSA) is 18.5 Å². The van der Waals surface area contributed by atoms with E-state index in [-0.39, 0.29) is 6.79 Å². The van der Waals surface area contributed by atoms with Crippen LogP contribution in [0.3, 0.4) is 0 Å². The molecule has 0 fully saturated rings. The lowest BCUT2D eigenvalue weighted by Gasteiger charge is -2.04. The molecule has 0 bridgehead atoms. The van der Waals surface area contributed by atoms with Crippen molar-refractivity contribution in [2.45, 2.75) is 0 Å². The minimum absolute atomic E-state index is 0.271. The summed E-state index contributed by atoms with van der Waals surface area (Å²) in [6.07, 6.45) is 0. The Hall–Kier alpha value is -1.00. The highest BCUT2D eigenvalue weighted by Gasteiger charge is 1.94. The molecule has 2 rings (SSSR count). The molecule has 0 saturated heterocycles. The molecular formula is C9H8O2S2. The SMILES string of the molecule is c1cc(OCOc2ccsc2)cs1. The van der Waals surface area contributed by atoms with E-state index in [9.17, 15) is 0 Å². The van der Waals surface area contributed by atoms with Crippen molar-refractivity contribution >= 4 is 22.7 Å². The zero-order valence-electron chi connectivity index (χ0n) is 6.80. The first-order chi connectivity index (χ1) is 6.45. The van der Waals surface area contributed by atoms with E-state index in [0.29, 0.717) is 0 Å². The molecule has 2 heterocycles. The average molecular weight is 212 g/mol. The van der Waals surface area contributed by atoms with Crippen LogP contribution in [0.15, 0.2) is 33.7 Å². The van der Waals surface area contributed by atoms with Gasteiger partial charge in [0.1, 0.15) is 11.5 Å². The molecule has 0 saturated carbocycles. The lowest BCUT2D eigenvalue weighted by Crippen LogP contribution is -2.03. The van der Waals surface area contributed by atoms with Gasteiger partial charge in [0, 0.05) is 10.8 Å². The Morgan fingerprint density at radius 2 is 1.46 bits per heavy atom. The predicted molar refractivity (Wildman–Crippen MR) is 54.8 cm³/mol. The highest BCUT2D eigenvalue weighted by atomic mass is 32.1. The van der Waals surface area contributed by atoms with Crippen LogP contribution in [0.2, 0.25) is 0 Å². The van der Waals surface area contributed by atoms with Crippen molar-refractivity contribution in [3.05, 3.63) is 33.7 Å². The molecule has 0 aromatic carbocycles. The summed E-state index contributed by atoms with van der Waals surface area (Å²) >= 11 is 3.22. The first kappa shape index (κ1) is 8.59. The molecule has 0 spiro atoms. The minimum Gasteiger partial charge on any atom is -0.457 e. The molecule has 0 radical (unpaired) electrons. The smallest absolute Gasteiger partial charge is 0.230 e. The molecule has 0 aliphatic heterocycles. The van der Waals surface area contributed by atoms with E-state index in [1.807, 2.05) is 33.7 Å². The van der Waals surface area contributed by atoms with Crippen LogP contribution < -0.4 is 9.47 Å². The summed E-state index contributed by atoms with van der Waals surface area (Å²) in [5.41, 5.74) is 0. The van der Waals surface area contributed by atoms with Crippen LogP contribution >= 0.6 is 22.7 Å². The zero-order valence-corrected chi connectivity index (χ0v) is 8.44. The van der Waals surface area contributed by atoms with Gasteiger partial charge >= 0.3 is 0 Å². The molecule has 13 heavy (non-hydrogen) atoms. The minimum atomic E-state index is 0.271. The van der Waals surface area contributed by atoms with Crippen molar-refractivity contribution in [3.8, 4) is 11.5 Å². The van der Waals surface area contributed by atoms with E-state index in [1.54, 1.807) is 22.7 Å². The zero-order chi connectivity index (χ0) is 8.93. The molecule has 0 aliphatic carbocycles. The van der Waals surface area contributed by atoms with Gasteiger partial charge in [0.15, 0.2) is 0 Å². The Bertz CT molecular complexity index is 292. The van der Waals surface area contributed by atoms with E-state index in [1.165, 1.54) is 0 Å². The normalized spacial score (nSPS) is 9.85. The fourth-order valence-electron chi connectivity index (χ4n) is 0.834. The van der Waals surface area contributed by atoms with Crippen LogP contribution in [-0.4, -0.2) is 6.79 Å². The van der Waals surface area contributed by atoms with Gasteiger partial charge in [-0.05, 0) is 22.9 Å². The van der Waals surface area contributed by atoms with Gasteiger partial charge in [0.2, 0.25) is 6.79 Å². The fourth-order valence-corrected chi connectivity index (χ4v) is 1.98. The van der Waals surface area contributed by atoms with Crippen molar-refractivity contribution in [1.29, 1.82) is 0 Å². The predicted octanol–water partition coefficient (Wildman–Crippen LogP) is 3.22. The van der Waals surface area contributed by atoms with Gasteiger partial charge in [0.25, 0.3) is 0 Å². The maximum Gasteiger partial charge on any atom is 0.230 e. The second-order valence-electron chi connectivity index (χ2n) is 2.32. The maximum atomic E-state index is 5.31. The highest BCUT2D eigenvalue weighted by Crippen LogP contribution is 2.17. The Labute approximate surface area is 84.4 Å². The second kappa shape index (κ2) is 4.30. The first-order valence-electron chi connectivity index (χ1n) is 3.75. The molecule has 0 unspecified atom stereocenters. The van der Waals surface area contributed by atoms with E-state index in [0.717, 1.165) is 11.5 Å². The Morgan fingerprint density at radius 3 is 1.85 bits per heavy atom. The van der Waals surface area contributed by atoms with Crippen molar-refractivity contribution < 1.29 is 9.47 Å². The van der Waals surface area contributed by atoms with Gasteiger partial charge in [0.05, 0.1) is 0 Å². The first-order valence-corrected chi connectivity index (χ1v) is 5.64. The number of rotatable bonds is 4. The van der Waals surface area contributed by atoms with Gasteiger partial charge in [-0.15, -0.1) is 22.7 Å². The molecule has 4 heteroatoms. The Morgan fingerprint density at radius 1 is 0.923 bits per heavy atom. The summed E-state index contributed by atoms with van der Waals surface area (Å²) < 4.78 is 10.6. The van der Waals surface area contributed by atoms with Crippen molar-refractivity contribution in [2.24, 2.45) is 0 Å². The van der Waals surface area contributed by atoms with Crippen molar-refractivity contribution in [3.63, 3.8) is 0 Å². The third kappa shape index (κ3) is 2.47. The van der Waals surface area contributed by atoms with Crippen LogP contribution in [0.5, 0.6) is 11.5 Å². The van der Waals surface area contributed by atoms with Crippen molar-refractivity contribution in [1.82, 2.24) is 0 Å². The number of ether oxygens (including phenoxy) is 2. The lowest BCUT2D eigenvalue weighted by atomic mass is 10.6. The van der Waals surface area contributed by atoms with Crippen LogP contribution in [0.4, 0.5) is 0 Å². The molecule has 0 amide bonds. The summed E-state index contributed by atoms with van der Waals surface area (Å²) in [6, 6.07) is 3.84. The van der Waals surface area contributed by atoms with Gasteiger partial charge in [-0.25, -0.2) is 0 Å². The van der Waals surface area contributed by atoms with Gasteiger partial charge in [-0.1, -0.05) is 0 Å². The second-order valence-corrected chi connectivity index (χ2v) is 3.88. The van der Waals surface area contributed by atoms with Crippen LogP contribution in [-0.2, 0) is 0 Å². The van der Waals surface area contributed by atoms with E-state index < -0.39 is 0 Å². The molecule has 0 atom stereocenters. The molecule has 0 aliphatic rings. The molecule has 0 N–H and O–H groups in total. The third-order valence-corrected chi connectivity index (χ3v) is 2.76. The van der Waals surface area contributed by atoms with Gasteiger partial charge in [-0.3, -0.25) is 0 Å². The highest BCUT2D eigenvalue weighted by molar-refractivity contribution is 7.08.